The minimum Gasteiger partial charge on any atom is -0.496 e. The van der Waals surface area contributed by atoms with Crippen molar-refractivity contribution in [3.8, 4) is 5.75 Å². The van der Waals surface area contributed by atoms with Gasteiger partial charge in [0, 0.05) is 5.02 Å². The van der Waals surface area contributed by atoms with E-state index in [1.54, 1.807) is 7.11 Å². The fraction of sp³-hybridized carbons (Fsp3) is 0.333. The Labute approximate surface area is 132 Å². The number of hydrogen-bond acceptors (Lipinski definition) is 2. The van der Waals surface area contributed by atoms with Crippen molar-refractivity contribution >= 4 is 11.6 Å². The zero-order valence-electron chi connectivity index (χ0n) is 13.3. The molecule has 112 valence electrons. The van der Waals surface area contributed by atoms with Crippen LogP contribution in [0, 0.1) is 20.8 Å². The Morgan fingerprint density at radius 2 is 1.71 bits per heavy atom. The van der Waals surface area contributed by atoms with E-state index in [1.165, 1.54) is 11.1 Å². The molecule has 0 radical (unpaired) electrons. The first-order valence-electron chi connectivity index (χ1n) is 7.07. The lowest BCUT2D eigenvalue weighted by Gasteiger charge is -2.22. The van der Waals surface area contributed by atoms with Crippen LogP contribution in [0.3, 0.4) is 0 Å². The van der Waals surface area contributed by atoms with Gasteiger partial charge < -0.3 is 10.1 Å². The first-order chi connectivity index (χ1) is 9.99. The van der Waals surface area contributed by atoms with Crippen LogP contribution < -0.4 is 10.1 Å². The number of methoxy groups -OCH3 is 1. The Bertz CT molecular complexity index is 629. The summed E-state index contributed by atoms with van der Waals surface area (Å²) in [5, 5.41) is 4.20. The molecule has 2 rings (SSSR count). The molecule has 1 N–H and O–H groups in total. The monoisotopic (exact) mass is 303 g/mol. The molecule has 0 spiro atoms. The van der Waals surface area contributed by atoms with Crippen molar-refractivity contribution in [3.05, 3.63) is 63.2 Å². The Morgan fingerprint density at radius 1 is 1.10 bits per heavy atom. The van der Waals surface area contributed by atoms with Crippen molar-refractivity contribution in [2.24, 2.45) is 0 Å². The third-order valence-corrected chi connectivity index (χ3v) is 4.34. The predicted molar refractivity (Wildman–Crippen MR) is 89.6 cm³/mol. The third kappa shape index (κ3) is 3.07. The van der Waals surface area contributed by atoms with E-state index in [-0.39, 0.29) is 6.04 Å². The van der Waals surface area contributed by atoms with Gasteiger partial charge in [-0.2, -0.15) is 0 Å². The molecule has 1 atom stereocenters. The molecular weight excluding hydrogens is 282 g/mol. The van der Waals surface area contributed by atoms with Crippen molar-refractivity contribution in [2.75, 3.05) is 14.2 Å². The Kier molecular flexibility index (Phi) is 4.92. The highest BCUT2D eigenvalue weighted by atomic mass is 35.5. The fourth-order valence-electron chi connectivity index (χ4n) is 2.91. The minimum absolute atomic E-state index is 0.118. The maximum Gasteiger partial charge on any atom is 0.124 e. The smallest absolute Gasteiger partial charge is 0.124 e. The van der Waals surface area contributed by atoms with E-state index in [9.17, 15) is 0 Å². The molecule has 0 bridgehead atoms. The van der Waals surface area contributed by atoms with Gasteiger partial charge in [0.2, 0.25) is 0 Å². The van der Waals surface area contributed by atoms with Crippen LogP contribution in [0.2, 0.25) is 5.02 Å². The molecule has 0 amide bonds. The van der Waals surface area contributed by atoms with Gasteiger partial charge in [0.05, 0.1) is 13.2 Å². The summed E-state index contributed by atoms with van der Waals surface area (Å²) in [5.41, 5.74) is 5.83. The Hall–Kier alpha value is -1.51. The maximum absolute atomic E-state index is 6.26. The highest BCUT2D eigenvalue weighted by Gasteiger charge is 2.17. The van der Waals surface area contributed by atoms with Crippen molar-refractivity contribution in [1.82, 2.24) is 5.32 Å². The fourth-order valence-corrected chi connectivity index (χ4v) is 3.09. The number of aryl methyl sites for hydroxylation is 2. The molecule has 3 heteroatoms. The van der Waals surface area contributed by atoms with Crippen LogP contribution in [-0.4, -0.2) is 14.2 Å². The van der Waals surface area contributed by atoms with Gasteiger partial charge in [0.1, 0.15) is 5.75 Å². The number of halogens is 1. The van der Waals surface area contributed by atoms with Crippen LogP contribution >= 0.6 is 11.6 Å². The summed E-state index contributed by atoms with van der Waals surface area (Å²) in [6, 6.07) is 10.5. The van der Waals surface area contributed by atoms with Crippen molar-refractivity contribution < 1.29 is 4.74 Å². The first kappa shape index (κ1) is 15.9. The molecule has 21 heavy (non-hydrogen) atoms. The standard InChI is InChI=1S/C18H22ClNO/c1-11-9-14(10-12(2)18(11)21-5)17(20-4)15-7-6-8-16(19)13(15)3/h6-10,17,20H,1-5H3. The molecule has 0 aromatic heterocycles. The summed E-state index contributed by atoms with van der Waals surface area (Å²) in [4.78, 5) is 0. The van der Waals surface area contributed by atoms with E-state index in [0.717, 1.165) is 27.5 Å². The third-order valence-electron chi connectivity index (χ3n) is 3.93. The van der Waals surface area contributed by atoms with Gasteiger partial charge in [-0.15, -0.1) is 0 Å². The second-order valence-corrected chi connectivity index (χ2v) is 5.77. The summed E-state index contributed by atoms with van der Waals surface area (Å²) in [5.74, 6) is 0.955. The van der Waals surface area contributed by atoms with E-state index in [1.807, 2.05) is 19.2 Å². The van der Waals surface area contributed by atoms with Gasteiger partial charge in [-0.1, -0.05) is 35.9 Å². The average molecular weight is 304 g/mol. The van der Waals surface area contributed by atoms with Crippen LogP contribution in [0.25, 0.3) is 0 Å². The summed E-state index contributed by atoms with van der Waals surface area (Å²) >= 11 is 6.26. The lowest BCUT2D eigenvalue weighted by atomic mass is 9.92. The SMILES string of the molecule is CNC(c1cc(C)c(OC)c(C)c1)c1cccc(Cl)c1C. The van der Waals surface area contributed by atoms with E-state index in [4.69, 9.17) is 16.3 Å². The first-order valence-corrected chi connectivity index (χ1v) is 7.44. The largest absolute Gasteiger partial charge is 0.496 e. The molecule has 2 aromatic carbocycles. The molecular formula is C18H22ClNO. The molecule has 0 aliphatic heterocycles. The van der Waals surface area contributed by atoms with Gasteiger partial charge >= 0.3 is 0 Å². The second kappa shape index (κ2) is 6.50. The lowest BCUT2D eigenvalue weighted by molar-refractivity contribution is 0.408. The van der Waals surface area contributed by atoms with E-state index < -0.39 is 0 Å². The molecule has 0 aliphatic rings. The molecule has 1 unspecified atom stereocenters. The predicted octanol–water partition coefficient (Wildman–Crippen LogP) is 4.58. The van der Waals surface area contributed by atoms with Crippen LogP contribution in [0.4, 0.5) is 0 Å². The van der Waals surface area contributed by atoms with Gasteiger partial charge in [-0.3, -0.25) is 0 Å². The topological polar surface area (TPSA) is 21.3 Å². The number of ether oxygens (including phenoxy) is 1. The summed E-state index contributed by atoms with van der Waals surface area (Å²) < 4.78 is 5.45. The lowest BCUT2D eigenvalue weighted by Crippen LogP contribution is -2.19. The highest BCUT2D eigenvalue weighted by Crippen LogP contribution is 2.32. The zero-order valence-corrected chi connectivity index (χ0v) is 14.0. The number of hydrogen-bond donors (Lipinski definition) is 1. The molecule has 0 saturated carbocycles. The van der Waals surface area contributed by atoms with Crippen molar-refractivity contribution in [3.63, 3.8) is 0 Å². The van der Waals surface area contributed by atoms with E-state index in [2.05, 4.69) is 44.3 Å². The van der Waals surface area contributed by atoms with Crippen LogP contribution in [0.1, 0.15) is 33.9 Å². The van der Waals surface area contributed by atoms with Gasteiger partial charge in [0.15, 0.2) is 0 Å². The van der Waals surface area contributed by atoms with Crippen molar-refractivity contribution in [1.29, 1.82) is 0 Å². The molecule has 0 heterocycles. The molecule has 0 fully saturated rings. The van der Waals surface area contributed by atoms with Gasteiger partial charge in [0.25, 0.3) is 0 Å². The quantitative estimate of drug-likeness (QED) is 0.892. The summed E-state index contributed by atoms with van der Waals surface area (Å²) in [7, 11) is 3.69. The molecule has 0 aliphatic carbocycles. The molecule has 2 nitrogen and oxygen atoms in total. The summed E-state index contributed by atoms with van der Waals surface area (Å²) in [6.45, 7) is 6.21. The number of benzene rings is 2. The average Bonchev–Trinajstić information content (AvgIpc) is 2.44. The van der Waals surface area contributed by atoms with Gasteiger partial charge in [-0.25, -0.2) is 0 Å². The van der Waals surface area contributed by atoms with Crippen LogP contribution in [0.15, 0.2) is 30.3 Å². The molecule has 2 aromatic rings. The Morgan fingerprint density at radius 3 is 2.24 bits per heavy atom. The van der Waals surface area contributed by atoms with Crippen LogP contribution in [0.5, 0.6) is 5.75 Å². The second-order valence-electron chi connectivity index (χ2n) is 5.36. The van der Waals surface area contributed by atoms with Crippen LogP contribution in [-0.2, 0) is 0 Å². The number of rotatable bonds is 4. The number of nitrogens with one attached hydrogen (secondary N) is 1. The Balaban J connectivity index is 2.54. The highest BCUT2D eigenvalue weighted by molar-refractivity contribution is 6.31. The van der Waals surface area contributed by atoms with E-state index >= 15 is 0 Å². The van der Waals surface area contributed by atoms with Gasteiger partial charge in [-0.05, 0) is 61.7 Å². The molecule has 0 saturated heterocycles. The minimum atomic E-state index is 0.118. The zero-order chi connectivity index (χ0) is 15.6. The maximum atomic E-state index is 6.26. The van der Waals surface area contributed by atoms with E-state index in [0.29, 0.717) is 0 Å². The van der Waals surface area contributed by atoms with Crippen molar-refractivity contribution in [2.45, 2.75) is 26.8 Å². The normalized spacial score (nSPS) is 12.3. The summed E-state index contributed by atoms with van der Waals surface area (Å²) in [6.07, 6.45) is 0.